The molecule has 4 nitrogen and oxygen atoms in total. The Bertz CT molecular complexity index is 869. The minimum atomic E-state index is 0.0822. The average molecular weight is 338 g/mol. The Morgan fingerprint density at radius 2 is 1.42 bits per heavy atom. The van der Waals surface area contributed by atoms with Crippen molar-refractivity contribution < 1.29 is 9.47 Å². The van der Waals surface area contributed by atoms with Crippen molar-refractivity contribution in [3.63, 3.8) is 0 Å². The van der Waals surface area contributed by atoms with Crippen LogP contribution in [0.3, 0.4) is 0 Å². The Morgan fingerprint density at radius 1 is 0.833 bits per heavy atom. The van der Waals surface area contributed by atoms with Crippen molar-refractivity contribution in [3.8, 4) is 32.4 Å². The van der Waals surface area contributed by atoms with Gasteiger partial charge < -0.3 is 15.2 Å². The number of nitrogen functional groups attached to an aromatic ring is 1. The van der Waals surface area contributed by atoms with Gasteiger partial charge in [0, 0.05) is 15.3 Å². The first-order valence-corrected chi connectivity index (χ1v) is 8.21. The van der Waals surface area contributed by atoms with E-state index in [1.54, 1.807) is 25.6 Å². The van der Waals surface area contributed by atoms with E-state index in [0.29, 0.717) is 0 Å². The number of thiophene rings is 1. The van der Waals surface area contributed by atoms with Crippen LogP contribution in [0.5, 0.6) is 11.5 Å². The van der Waals surface area contributed by atoms with Gasteiger partial charge in [-0.15, -0.1) is 11.3 Å². The summed E-state index contributed by atoms with van der Waals surface area (Å²) in [6, 6.07) is 17.8. The van der Waals surface area contributed by atoms with Crippen molar-refractivity contribution in [2.75, 3.05) is 14.2 Å². The third kappa shape index (κ3) is 3.12. The highest BCUT2D eigenvalue weighted by atomic mass is 32.1. The summed E-state index contributed by atoms with van der Waals surface area (Å²) < 4.78 is 10.7. The molecule has 0 spiro atoms. The molecule has 0 aliphatic carbocycles. The minimum absolute atomic E-state index is 0.0822. The maximum atomic E-state index is 7.46. The van der Waals surface area contributed by atoms with Crippen LogP contribution in [0.2, 0.25) is 0 Å². The summed E-state index contributed by atoms with van der Waals surface area (Å²) >= 11 is 1.70. The monoisotopic (exact) mass is 338 g/mol. The molecule has 24 heavy (non-hydrogen) atoms. The van der Waals surface area contributed by atoms with Gasteiger partial charge in [-0.2, -0.15) is 0 Å². The minimum Gasteiger partial charge on any atom is -0.493 e. The zero-order chi connectivity index (χ0) is 17.1. The van der Waals surface area contributed by atoms with Crippen LogP contribution < -0.4 is 15.2 Å². The van der Waals surface area contributed by atoms with Crippen LogP contribution in [0.15, 0.2) is 54.6 Å². The van der Waals surface area contributed by atoms with Crippen molar-refractivity contribution in [2.24, 2.45) is 5.73 Å². The van der Waals surface area contributed by atoms with Crippen LogP contribution >= 0.6 is 11.3 Å². The summed E-state index contributed by atoms with van der Waals surface area (Å²) in [7, 11) is 3.27. The third-order valence-electron chi connectivity index (χ3n) is 3.75. The SMILES string of the molecule is COc1ccc(-c2ccc(-c3ccc(C(=N)N)cc3)s2)cc1OC. The number of nitrogens with two attached hydrogens (primary N) is 1. The van der Waals surface area contributed by atoms with Gasteiger partial charge in [0.05, 0.1) is 14.2 Å². The second-order valence-corrected chi connectivity index (χ2v) is 6.31. The van der Waals surface area contributed by atoms with Crippen LogP contribution in [0.4, 0.5) is 0 Å². The predicted molar refractivity (Wildman–Crippen MR) is 99.3 cm³/mol. The van der Waals surface area contributed by atoms with Crippen molar-refractivity contribution in [2.45, 2.75) is 0 Å². The van der Waals surface area contributed by atoms with E-state index in [0.717, 1.165) is 37.9 Å². The normalized spacial score (nSPS) is 10.4. The third-order valence-corrected chi connectivity index (χ3v) is 4.94. The molecule has 5 heteroatoms. The summed E-state index contributed by atoms with van der Waals surface area (Å²) in [6.07, 6.45) is 0. The van der Waals surface area contributed by atoms with Gasteiger partial charge >= 0.3 is 0 Å². The summed E-state index contributed by atoms with van der Waals surface area (Å²) in [5.74, 6) is 1.52. The molecule has 122 valence electrons. The molecule has 0 unspecified atom stereocenters. The maximum Gasteiger partial charge on any atom is 0.161 e. The lowest BCUT2D eigenvalue weighted by Gasteiger charge is -2.08. The Hall–Kier alpha value is -2.79. The van der Waals surface area contributed by atoms with Crippen molar-refractivity contribution in [3.05, 3.63) is 60.2 Å². The Kier molecular flexibility index (Phi) is 4.53. The molecular weight excluding hydrogens is 320 g/mol. The lowest BCUT2D eigenvalue weighted by atomic mass is 10.1. The first kappa shape index (κ1) is 16.1. The van der Waals surface area contributed by atoms with Crippen molar-refractivity contribution in [1.29, 1.82) is 5.41 Å². The van der Waals surface area contributed by atoms with E-state index in [4.69, 9.17) is 20.6 Å². The first-order valence-electron chi connectivity index (χ1n) is 7.39. The molecule has 0 fully saturated rings. The molecule has 0 amide bonds. The average Bonchev–Trinajstić information content (AvgIpc) is 3.11. The van der Waals surface area contributed by atoms with Crippen LogP contribution in [0, 0.1) is 5.41 Å². The highest BCUT2D eigenvalue weighted by Gasteiger charge is 2.09. The van der Waals surface area contributed by atoms with Crippen LogP contribution in [0.1, 0.15) is 5.56 Å². The van der Waals surface area contributed by atoms with E-state index in [9.17, 15) is 0 Å². The summed E-state index contributed by atoms with van der Waals surface area (Å²) in [4.78, 5) is 2.32. The smallest absolute Gasteiger partial charge is 0.161 e. The standard InChI is InChI=1S/C19H18N2O2S/c1-22-15-8-7-14(11-16(15)23-2)18-10-9-17(24-18)12-3-5-13(6-4-12)19(20)21/h3-11H,1-2H3,(H3,20,21). The van der Waals surface area contributed by atoms with Crippen molar-refractivity contribution in [1.82, 2.24) is 0 Å². The van der Waals surface area contributed by atoms with Crippen LogP contribution in [0.25, 0.3) is 20.9 Å². The lowest BCUT2D eigenvalue weighted by molar-refractivity contribution is 0.355. The zero-order valence-electron chi connectivity index (χ0n) is 13.5. The topological polar surface area (TPSA) is 68.3 Å². The summed E-state index contributed by atoms with van der Waals surface area (Å²) in [5.41, 5.74) is 8.42. The molecule has 2 aromatic carbocycles. The van der Waals surface area contributed by atoms with Crippen LogP contribution in [-0.4, -0.2) is 20.1 Å². The molecule has 0 saturated heterocycles. The van der Waals surface area contributed by atoms with E-state index < -0.39 is 0 Å². The number of amidine groups is 1. The molecule has 0 bridgehead atoms. The predicted octanol–water partition coefficient (Wildman–Crippen LogP) is 4.38. The van der Waals surface area contributed by atoms with Gasteiger partial charge in [0.1, 0.15) is 5.84 Å². The van der Waals surface area contributed by atoms with Gasteiger partial charge in [0.25, 0.3) is 0 Å². The number of methoxy groups -OCH3 is 2. The fourth-order valence-corrected chi connectivity index (χ4v) is 3.46. The number of hydrogen-bond acceptors (Lipinski definition) is 4. The summed E-state index contributed by atoms with van der Waals surface area (Å²) in [6.45, 7) is 0. The molecule has 0 atom stereocenters. The van der Waals surface area contributed by atoms with E-state index in [2.05, 4.69) is 12.1 Å². The van der Waals surface area contributed by atoms with Crippen LogP contribution in [-0.2, 0) is 0 Å². The molecule has 3 rings (SSSR count). The number of hydrogen-bond donors (Lipinski definition) is 2. The second kappa shape index (κ2) is 6.76. The molecule has 0 aliphatic rings. The lowest BCUT2D eigenvalue weighted by Crippen LogP contribution is -2.10. The number of ether oxygens (including phenoxy) is 2. The molecule has 1 aromatic heterocycles. The Balaban J connectivity index is 1.91. The molecule has 3 aromatic rings. The Labute approximate surface area is 145 Å². The first-order chi connectivity index (χ1) is 11.6. The highest BCUT2D eigenvalue weighted by molar-refractivity contribution is 7.18. The van der Waals surface area contributed by atoms with E-state index >= 15 is 0 Å². The fourth-order valence-electron chi connectivity index (χ4n) is 2.45. The van der Waals surface area contributed by atoms with E-state index in [-0.39, 0.29) is 5.84 Å². The van der Waals surface area contributed by atoms with Gasteiger partial charge in [-0.05, 0) is 41.5 Å². The van der Waals surface area contributed by atoms with E-state index in [1.807, 2.05) is 42.5 Å². The molecule has 1 heterocycles. The van der Waals surface area contributed by atoms with E-state index in [1.165, 1.54) is 0 Å². The largest absolute Gasteiger partial charge is 0.493 e. The van der Waals surface area contributed by atoms with Gasteiger partial charge in [0.15, 0.2) is 11.5 Å². The highest BCUT2D eigenvalue weighted by Crippen LogP contribution is 2.38. The van der Waals surface area contributed by atoms with Gasteiger partial charge in [0.2, 0.25) is 0 Å². The quantitative estimate of drug-likeness (QED) is 0.536. The number of nitrogens with one attached hydrogen (secondary N) is 1. The molecular formula is C19H18N2O2S. The molecule has 0 saturated carbocycles. The van der Waals surface area contributed by atoms with Gasteiger partial charge in [-0.1, -0.05) is 24.3 Å². The van der Waals surface area contributed by atoms with Crippen molar-refractivity contribution >= 4 is 17.2 Å². The maximum absolute atomic E-state index is 7.46. The second-order valence-electron chi connectivity index (χ2n) is 5.22. The molecule has 0 aliphatic heterocycles. The summed E-state index contributed by atoms with van der Waals surface area (Å²) in [5, 5.41) is 7.46. The Morgan fingerprint density at radius 3 is 2.00 bits per heavy atom. The number of rotatable bonds is 5. The fraction of sp³-hybridized carbons (Fsp3) is 0.105. The zero-order valence-corrected chi connectivity index (χ0v) is 14.3. The molecule has 0 radical (unpaired) electrons. The molecule has 3 N–H and O–H groups in total. The number of benzene rings is 2. The van der Waals surface area contributed by atoms with Gasteiger partial charge in [-0.25, -0.2) is 0 Å². The van der Waals surface area contributed by atoms with Gasteiger partial charge in [-0.3, -0.25) is 5.41 Å².